The predicted molar refractivity (Wildman–Crippen MR) is 52.7 cm³/mol. The summed E-state index contributed by atoms with van der Waals surface area (Å²) in [5.41, 5.74) is 0.275. The highest BCUT2D eigenvalue weighted by molar-refractivity contribution is 7.32. The average molecular weight is 251 g/mol. The molecule has 0 aliphatic carbocycles. The molecule has 1 rings (SSSR count). The van der Waals surface area contributed by atoms with Crippen molar-refractivity contribution in [1.29, 1.82) is 0 Å². The lowest BCUT2D eigenvalue weighted by Gasteiger charge is -1.97. The van der Waals surface area contributed by atoms with Crippen molar-refractivity contribution in [2.45, 2.75) is 6.61 Å². The van der Waals surface area contributed by atoms with Crippen LogP contribution in [0.3, 0.4) is 0 Å². The van der Waals surface area contributed by atoms with Crippen molar-refractivity contribution in [1.82, 2.24) is 0 Å². The minimum absolute atomic E-state index is 0.0331. The molecule has 0 saturated carbocycles. The van der Waals surface area contributed by atoms with Crippen LogP contribution in [-0.2, 0) is 15.7 Å². The third kappa shape index (κ3) is 3.53. The van der Waals surface area contributed by atoms with Crippen molar-refractivity contribution in [2.24, 2.45) is 0 Å². The normalized spacial score (nSPS) is 11.2. The van der Waals surface area contributed by atoms with Gasteiger partial charge in [0.2, 0.25) is 0 Å². The summed E-state index contributed by atoms with van der Waals surface area (Å²) in [5, 5.41) is 10.4. The summed E-state index contributed by atoms with van der Waals surface area (Å²) in [4.78, 5) is 18.2. The van der Waals surface area contributed by atoms with E-state index in [-0.39, 0.29) is 17.3 Å². The van der Waals surface area contributed by atoms with Crippen LogP contribution in [0.2, 0.25) is 5.02 Å². The van der Waals surface area contributed by atoms with Gasteiger partial charge in [-0.15, -0.1) is 9.42 Å². The first-order valence-electron chi connectivity index (χ1n) is 3.72. The van der Waals surface area contributed by atoms with Gasteiger partial charge in [-0.3, -0.25) is 10.1 Å². The Balaban J connectivity index is 2.82. The molecule has 0 fully saturated rings. The summed E-state index contributed by atoms with van der Waals surface area (Å²) >= 11 is 5.61. The minimum atomic E-state index is -2.68. The Bertz CT molecular complexity index is 410. The summed E-state index contributed by atoms with van der Waals surface area (Å²) in [6, 6.07) is 3.94. The molecule has 0 bridgehead atoms. The molecule has 1 atom stereocenters. The second-order valence-corrected chi connectivity index (χ2v) is 3.70. The van der Waals surface area contributed by atoms with Gasteiger partial charge in [-0.25, -0.2) is 0 Å². The molecular formula is C7H6ClNO5P+. The van der Waals surface area contributed by atoms with Gasteiger partial charge in [0.15, 0.2) is 0 Å². The molecule has 0 amide bonds. The fraction of sp³-hybridized carbons (Fsp3) is 0.143. The molecule has 0 aliphatic rings. The first-order chi connectivity index (χ1) is 7.00. The number of hydrogen-bond donors (Lipinski definition) is 1. The highest BCUT2D eigenvalue weighted by Crippen LogP contribution is 2.26. The van der Waals surface area contributed by atoms with Gasteiger partial charge in [-0.05, 0) is 17.7 Å². The molecule has 0 heterocycles. The van der Waals surface area contributed by atoms with E-state index in [0.29, 0.717) is 5.56 Å². The zero-order valence-corrected chi connectivity index (χ0v) is 8.94. The van der Waals surface area contributed by atoms with Crippen molar-refractivity contribution in [2.75, 3.05) is 0 Å². The molecule has 0 radical (unpaired) electrons. The number of nitrogens with zero attached hydrogens (tertiary/aromatic N) is 1. The molecular weight excluding hydrogens is 245 g/mol. The lowest BCUT2D eigenvalue weighted by atomic mass is 10.2. The predicted octanol–water partition coefficient (Wildman–Crippen LogP) is 2.41. The molecule has 0 aromatic heterocycles. The highest BCUT2D eigenvalue weighted by atomic mass is 35.5. The van der Waals surface area contributed by atoms with Gasteiger partial charge < -0.3 is 0 Å². The van der Waals surface area contributed by atoms with E-state index in [4.69, 9.17) is 16.5 Å². The molecule has 0 saturated heterocycles. The van der Waals surface area contributed by atoms with Gasteiger partial charge in [0.25, 0.3) is 5.69 Å². The Kier molecular flexibility index (Phi) is 4.11. The quantitative estimate of drug-likeness (QED) is 0.503. The van der Waals surface area contributed by atoms with Gasteiger partial charge in [0, 0.05) is 10.6 Å². The standard InChI is InChI=1S/C7H5ClNO5P/c8-6-3-5(4-14-15(12)13)1-2-7(6)9(10)11/h1-3H,4H2/p+1. The maximum atomic E-state index is 10.4. The second kappa shape index (κ2) is 5.14. The van der Waals surface area contributed by atoms with Gasteiger partial charge in [0.05, 0.1) is 4.92 Å². The molecule has 80 valence electrons. The van der Waals surface area contributed by atoms with Gasteiger partial charge in [-0.1, -0.05) is 11.6 Å². The number of nitro groups is 1. The topological polar surface area (TPSA) is 89.7 Å². The number of halogens is 1. The van der Waals surface area contributed by atoms with Gasteiger partial charge in [-0.2, -0.15) is 0 Å². The van der Waals surface area contributed by atoms with Crippen LogP contribution in [0.15, 0.2) is 18.2 Å². The number of hydrogen-bond acceptors (Lipinski definition) is 4. The van der Waals surface area contributed by atoms with Crippen molar-refractivity contribution < 1.29 is 18.9 Å². The Morgan fingerprint density at radius 1 is 1.60 bits per heavy atom. The van der Waals surface area contributed by atoms with Crippen LogP contribution in [-0.4, -0.2) is 9.82 Å². The van der Waals surface area contributed by atoms with Crippen molar-refractivity contribution in [3.05, 3.63) is 38.9 Å². The van der Waals surface area contributed by atoms with E-state index in [1.165, 1.54) is 18.2 Å². The molecule has 0 spiro atoms. The Labute approximate surface area is 90.5 Å². The van der Waals surface area contributed by atoms with Crippen molar-refractivity contribution in [3.63, 3.8) is 0 Å². The van der Waals surface area contributed by atoms with Crippen molar-refractivity contribution >= 4 is 25.5 Å². The van der Waals surface area contributed by atoms with Crippen LogP contribution in [0.25, 0.3) is 0 Å². The lowest BCUT2D eigenvalue weighted by molar-refractivity contribution is -0.384. The Hall–Kier alpha value is -1.07. The maximum absolute atomic E-state index is 10.4. The van der Waals surface area contributed by atoms with Crippen LogP contribution in [0.4, 0.5) is 5.69 Å². The molecule has 1 aromatic rings. The maximum Gasteiger partial charge on any atom is 0.695 e. The van der Waals surface area contributed by atoms with Crippen LogP contribution >= 0.6 is 19.9 Å². The zero-order valence-electron chi connectivity index (χ0n) is 7.29. The van der Waals surface area contributed by atoms with Crippen LogP contribution in [0.5, 0.6) is 0 Å². The Morgan fingerprint density at radius 2 is 2.27 bits per heavy atom. The molecule has 1 aromatic carbocycles. The second-order valence-electron chi connectivity index (χ2n) is 2.55. The van der Waals surface area contributed by atoms with E-state index in [1.807, 2.05) is 0 Å². The minimum Gasteiger partial charge on any atom is -0.258 e. The highest BCUT2D eigenvalue weighted by Gasteiger charge is 2.15. The monoisotopic (exact) mass is 250 g/mol. The van der Waals surface area contributed by atoms with Gasteiger partial charge >= 0.3 is 8.25 Å². The third-order valence-electron chi connectivity index (χ3n) is 1.55. The van der Waals surface area contributed by atoms with Crippen LogP contribution < -0.4 is 0 Å². The molecule has 1 unspecified atom stereocenters. The SMILES string of the molecule is O=[N+]([O-])c1ccc(CO[P+](=O)O)cc1Cl. The summed E-state index contributed by atoms with van der Waals surface area (Å²) in [7, 11) is -2.68. The first kappa shape index (κ1) is 12.0. The fourth-order valence-corrected chi connectivity index (χ4v) is 1.45. The summed E-state index contributed by atoms with van der Waals surface area (Å²) in [5.74, 6) is 0. The molecule has 0 aliphatic heterocycles. The van der Waals surface area contributed by atoms with Gasteiger partial charge in [0.1, 0.15) is 11.6 Å². The fourth-order valence-electron chi connectivity index (χ4n) is 0.918. The Morgan fingerprint density at radius 3 is 2.73 bits per heavy atom. The summed E-state index contributed by atoms with van der Waals surface area (Å²) in [6.45, 7) is -0.122. The van der Waals surface area contributed by atoms with E-state index < -0.39 is 13.2 Å². The van der Waals surface area contributed by atoms with E-state index in [9.17, 15) is 14.7 Å². The average Bonchev–Trinajstić information content (AvgIpc) is 2.14. The van der Waals surface area contributed by atoms with Crippen LogP contribution in [0.1, 0.15) is 5.56 Å². The van der Waals surface area contributed by atoms with Crippen LogP contribution in [0, 0.1) is 10.1 Å². The smallest absolute Gasteiger partial charge is 0.258 e. The van der Waals surface area contributed by atoms with Crippen molar-refractivity contribution in [3.8, 4) is 0 Å². The van der Waals surface area contributed by atoms with E-state index in [0.717, 1.165) is 0 Å². The summed E-state index contributed by atoms with van der Waals surface area (Å²) < 4.78 is 14.6. The largest absolute Gasteiger partial charge is 0.695 e. The molecule has 8 heteroatoms. The number of nitro benzene ring substituents is 1. The number of benzene rings is 1. The third-order valence-corrected chi connectivity index (χ3v) is 2.20. The molecule has 1 N–H and O–H groups in total. The molecule has 6 nitrogen and oxygen atoms in total. The van der Waals surface area contributed by atoms with E-state index >= 15 is 0 Å². The van der Waals surface area contributed by atoms with E-state index in [2.05, 4.69) is 4.52 Å². The summed E-state index contributed by atoms with van der Waals surface area (Å²) in [6.07, 6.45) is 0. The lowest BCUT2D eigenvalue weighted by Crippen LogP contribution is -1.91. The number of rotatable bonds is 4. The zero-order chi connectivity index (χ0) is 11.4. The molecule has 15 heavy (non-hydrogen) atoms. The first-order valence-corrected chi connectivity index (χ1v) is 5.23. The van der Waals surface area contributed by atoms with E-state index in [1.54, 1.807) is 0 Å².